The lowest BCUT2D eigenvalue weighted by molar-refractivity contribution is 0.367. The molecule has 0 aliphatic carbocycles. The first-order valence-electron chi connectivity index (χ1n) is 3.02. The van der Waals surface area contributed by atoms with E-state index in [2.05, 4.69) is 10.3 Å². The lowest BCUT2D eigenvalue weighted by atomic mass is 10.1. The average molecular weight is 129 g/mol. The molecule has 0 amide bonds. The quantitative estimate of drug-likeness (QED) is 0.391. The second kappa shape index (κ2) is 2.80. The van der Waals surface area contributed by atoms with E-state index >= 15 is 0 Å². The van der Waals surface area contributed by atoms with Gasteiger partial charge in [-0.1, -0.05) is 5.22 Å². The summed E-state index contributed by atoms with van der Waals surface area (Å²) in [5, 5.41) is 9.55. The molecule has 0 saturated heterocycles. The van der Waals surface area contributed by atoms with Crippen LogP contribution in [0.2, 0.25) is 0 Å². The molecule has 0 aromatic rings. The maximum Gasteiger partial charge on any atom is 0.0753 e. The standard InChI is InChI=1S/C6H15N3/c1-6(2,3)7-8-9(4)5/h1-5H3. The highest BCUT2D eigenvalue weighted by Gasteiger charge is 2.05. The van der Waals surface area contributed by atoms with Crippen molar-refractivity contribution in [2.75, 3.05) is 14.1 Å². The van der Waals surface area contributed by atoms with Gasteiger partial charge < -0.3 is 0 Å². The minimum atomic E-state index is -0.0513. The molecule has 3 nitrogen and oxygen atoms in total. The Morgan fingerprint density at radius 1 is 1.11 bits per heavy atom. The summed E-state index contributed by atoms with van der Waals surface area (Å²) in [6.07, 6.45) is 0. The van der Waals surface area contributed by atoms with Gasteiger partial charge in [-0.05, 0) is 20.8 Å². The summed E-state index contributed by atoms with van der Waals surface area (Å²) in [7, 11) is 3.71. The molecule has 0 spiro atoms. The van der Waals surface area contributed by atoms with E-state index in [9.17, 15) is 0 Å². The monoisotopic (exact) mass is 129 g/mol. The summed E-state index contributed by atoms with van der Waals surface area (Å²) < 4.78 is 0. The van der Waals surface area contributed by atoms with Gasteiger partial charge in [-0.2, -0.15) is 5.11 Å². The van der Waals surface area contributed by atoms with E-state index < -0.39 is 0 Å². The van der Waals surface area contributed by atoms with Crippen molar-refractivity contribution in [2.45, 2.75) is 26.3 Å². The highest BCUT2D eigenvalue weighted by atomic mass is 15.5. The van der Waals surface area contributed by atoms with E-state index in [0.717, 1.165) is 0 Å². The smallest absolute Gasteiger partial charge is 0.0753 e. The van der Waals surface area contributed by atoms with Crippen LogP contribution in [0.15, 0.2) is 10.3 Å². The van der Waals surface area contributed by atoms with Crippen LogP contribution in [0.5, 0.6) is 0 Å². The Labute approximate surface area is 56.7 Å². The zero-order valence-corrected chi connectivity index (χ0v) is 6.84. The van der Waals surface area contributed by atoms with Crippen molar-refractivity contribution in [3.05, 3.63) is 0 Å². The molecule has 0 aliphatic rings. The predicted molar refractivity (Wildman–Crippen MR) is 38.3 cm³/mol. The van der Waals surface area contributed by atoms with Gasteiger partial charge >= 0.3 is 0 Å². The number of nitrogens with zero attached hydrogens (tertiary/aromatic N) is 3. The molecule has 0 fully saturated rings. The maximum atomic E-state index is 4.01. The second-order valence-corrected chi connectivity index (χ2v) is 3.21. The van der Waals surface area contributed by atoms with E-state index in [0.29, 0.717) is 0 Å². The number of hydrogen-bond acceptors (Lipinski definition) is 2. The van der Waals surface area contributed by atoms with Crippen LogP contribution >= 0.6 is 0 Å². The van der Waals surface area contributed by atoms with Gasteiger partial charge in [0.2, 0.25) is 0 Å². The van der Waals surface area contributed by atoms with Gasteiger partial charge in [-0.3, -0.25) is 5.01 Å². The Bertz CT molecular complexity index is 99.4. The minimum Gasteiger partial charge on any atom is -0.285 e. The second-order valence-electron chi connectivity index (χ2n) is 3.21. The van der Waals surface area contributed by atoms with E-state index in [1.807, 2.05) is 34.9 Å². The summed E-state index contributed by atoms with van der Waals surface area (Å²) in [6.45, 7) is 6.04. The van der Waals surface area contributed by atoms with E-state index in [-0.39, 0.29) is 5.54 Å². The SMILES string of the molecule is CN(C)N=NC(C)(C)C. The van der Waals surface area contributed by atoms with E-state index in [4.69, 9.17) is 0 Å². The average Bonchev–Trinajstić information content (AvgIpc) is 1.59. The molecule has 54 valence electrons. The molecule has 9 heavy (non-hydrogen) atoms. The molecule has 0 rings (SSSR count). The molecular weight excluding hydrogens is 114 g/mol. The van der Waals surface area contributed by atoms with E-state index in [1.165, 1.54) is 0 Å². The van der Waals surface area contributed by atoms with Crippen LogP contribution in [0.25, 0.3) is 0 Å². The fourth-order valence-corrected chi connectivity index (χ4v) is 0.224. The molecule has 0 N–H and O–H groups in total. The third-order valence-electron chi connectivity index (χ3n) is 0.524. The number of rotatable bonds is 1. The van der Waals surface area contributed by atoms with Gasteiger partial charge in [-0.25, -0.2) is 0 Å². The van der Waals surface area contributed by atoms with Crippen LogP contribution < -0.4 is 0 Å². The summed E-state index contributed by atoms with van der Waals surface area (Å²) in [6, 6.07) is 0. The van der Waals surface area contributed by atoms with Crippen LogP contribution in [-0.2, 0) is 0 Å². The highest BCUT2D eigenvalue weighted by Crippen LogP contribution is 2.06. The molecular formula is C6H15N3. The van der Waals surface area contributed by atoms with Crippen molar-refractivity contribution in [3.63, 3.8) is 0 Å². The molecule has 0 aromatic carbocycles. The molecule has 0 heterocycles. The normalized spacial score (nSPS) is 12.6. The zero-order valence-electron chi connectivity index (χ0n) is 6.84. The van der Waals surface area contributed by atoms with Crippen molar-refractivity contribution in [1.29, 1.82) is 0 Å². The van der Waals surface area contributed by atoms with Gasteiger partial charge in [0.15, 0.2) is 0 Å². The minimum absolute atomic E-state index is 0.0513. The molecule has 0 saturated carbocycles. The number of hydrogen-bond donors (Lipinski definition) is 0. The Hall–Kier alpha value is -0.600. The van der Waals surface area contributed by atoms with Crippen molar-refractivity contribution in [2.24, 2.45) is 10.3 Å². The van der Waals surface area contributed by atoms with Gasteiger partial charge in [0.25, 0.3) is 0 Å². The topological polar surface area (TPSA) is 28.0 Å². The van der Waals surface area contributed by atoms with Crippen molar-refractivity contribution >= 4 is 0 Å². The van der Waals surface area contributed by atoms with E-state index in [1.54, 1.807) is 5.01 Å². The van der Waals surface area contributed by atoms with Crippen LogP contribution in [0.1, 0.15) is 20.8 Å². The van der Waals surface area contributed by atoms with Crippen LogP contribution in [-0.4, -0.2) is 24.6 Å². The Balaban J connectivity index is 3.71. The predicted octanol–water partition coefficient (Wildman–Crippen LogP) is 1.71. The van der Waals surface area contributed by atoms with Crippen molar-refractivity contribution in [3.8, 4) is 0 Å². The fourth-order valence-electron chi connectivity index (χ4n) is 0.224. The molecule has 0 radical (unpaired) electrons. The van der Waals surface area contributed by atoms with Crippen LogP contribution in [0.4, 0.5) is 0 Å². The third kappa shape index (κ3) is 7.40. The molecule has 0 unspecified atom stereocenters. The zero-order chi connectivity index (χ0) is 7.49. The summed E-state index contributed by atoms with van der Waals surface area (Å²) in [4.78, 5) is 0. The van der Waals surface area contributed by atoms with Crippen LogP contribution in [0, 0.1) is 0 Å². The Morgan fingerprint density at radius 2 is 1.56 bits per heavy atom. The lowest BCUT2D eigenvalue weighted by Crippen LogP contribution is -2.11. The van der Waals surface area contributed by atoms with Crippen molar-refractivity contribution < 1.29 is 0 Å². The van der Waals surface area contributed by atoms with Gasteiger partial charge in [0, 0.05) is 14.1 Å². The maximum absolute atomic E-state index is 4.01. The first kappa shape index (κ1) is 8.40. The molecule has 0 atom stereocenters. The fraction of sp³-hybridized carbons (Fsp3) is 1.00. The Kier molecular flexibility index (Phi) is 2.62. The van der Waals surface area contributed by atoms with Gasteiger partial charge in [0.05, 0.1) is 5.54 Å². The molecule has 0 aliphatic heterocycles. The first-order valence-corrected chi connectivity index (χ1v) is 3.02. The molecule has 0 aromatic heterocycles. The summed E-state index contributed by atoms with van der Waals surface area (Å²) >= 11 is 0. The molecule has 0 bridgehead atoms. The third-order valence-corrected chi connectivity index (χ3v) is 0.524. The van der Waals surface area contributed by atoms with Crippen LogP contribution in [0.3, 0.4) is 0 Å². The van der Waals surface area contributed by atoms with Gasteiger partial charge in [0.1, 0.15) is 0 Å². The first-order chi connectivity index (χ1) is 3.92. The highest BCUT2D eigenvalue weighted by molar-refractivity contribution is 4.65. The summed E-state index contributed by atoms with van der Waals surface area (Å²) in [5.41, 5.74) is -0.0513. The van der Waals surface area contributed by atoms with Crippen molar-refractivity contribution in [1.82, 2.24) is 5.01 Å². The largest absolute Gasteiger partial charge is 0.285 e. The Morgan fingerprint density at radius 3 is 1.67 bits per heavy atom. The summed E-state index contributed by atoms with van der Waals surface area (Å²) in [5.74, 6) is 0. The lowest BCUT2D eigenvalue weighted by Gasteiger charge is -2.10. The van der Waals surface area contributed by atoms with Gasteiger partial charge in [-0.15, -0.1) is 0 Å². The molecule has 3 heteroatoms.